The maximum absolute atomic E-state index is 9.51. The van der Waals surface area contributed by atoms with E-state index < -0.39 is 5.60 Å². The lowest BCUT2D eigenvalue weighted by molar-refractivity contribution is 0.187. The van der Waals surface area contributed by atoms with Crippen LogP contribution in [-0.4, -0.2) is 32.8 Å². The van der Waals surface area contributed by atoms with Gasteiger partial charge in [-0.2, -0.15) is 0 Å². The molecule has 0 saturated heterocycles. The van der Waals surface area contributed by atoms with E-state index in [0.29, 0.717) is 0 Å². The van der Waals surface area contributed by atoms with E-state index in [9.17, 15) is 5.11 Å². The van der Waals surface area contributed by atoms with Gasteiger partial charge in [-0.15, -0.1) is 0 Å². The molecule has 1 N–H and O–H groups in total. The second kappa shape index (κ2) is 3.68. The number of nitrogens with zero attached hydrogens (tertiary/aromatic N) is 1. The highest BCUT2D eigenvalue weighted by Gasteiger charge is 2.17. The number of aliphatic imine (C=N–C) groups is 1. The zero-order valence-electron chi connectivity index (χ0n) is 6.89. The molecule has 0 aromatic heterocycles. The Hall–Kier alpha value is -0.413. The Balaban J connectivity index is 4.31. The molecule has 0 heterocycles. The summed E-state index contributed by atoms with van der Waals surface area (Å²) in [6.45, 7) is 7.93. The van der Waals surface area contributed by atoms with E-state index in [1.165, 1.54) is 6.08 Å². The SMILES string of the molecule is C=CC(C)(O)C([SiH3])=NCC. The molecule has 0 amide bonds. The monoisotopic (exact) mass is 157 g/mol. The Bertz CT molecular complexity index is 152. The lowest BCUT2D eigenvalue weighted by atomic mass is 10.1. The molecule has 0 spiro atoms. The Morgan fingerprint density at radius 1 is 1.90 bits per heavy atom. The Morgan fingerprint density at radius 3 is 2.70 bits per heavy atom. The van der Waals surface area contributed by atoms with Crippen molar-refractivity contribution in [3.05, 3.63) is 12.7 Å². The molecule has 0 radical (unpaired) electrons. The average Bonchev–Trinajstić information content (AvgIpc) is 1.89. The van der Waals surface area contributed by atoms with Gasteiger partial charge in [0.25, 0.3) is 0 Å². The van der Waals surface area contributed by atoms with Gasteiger partial charge in [0.2, 0.25) is 0 Å². The van der Waals surface area contributed by atoms with Crippen LogP contribution in [0.5, 0.6) is 0 Å². The maximum atomic E-state index is 9.51. The van der Waals surface area contributed by atoms with Crippen molar-refractivity contribution in [2.24, 2.45) is 4.99 Å². The van der Waals surface area contributed by atoms with Crippen LogP contribution in [0, 0.1) is 0 Å². The number of hydrogen-bond donors (Lipinski definition) is 1. The summed E-state index contributed by atoms with van der Waals surface area (Å²) in [6.07, 6.45) is 1.52. The van der Waals surface area contributed by atoms with Crippen molar-refractivity contribution >= 4 is 15.6 Å². The molecule has 2 nitrogen and oxygen atoms in total. The number of rotatable bonds is 3. The van der Waals surface area contributed by atoms with Crippen LogP contribution >= 0.6 is 0 Å². The standard InChI is InChI=1S/C7H15NOSi/c1-4-7(3,9)6(10)8-5-2/h4,9H,1,5H2,2-3,10H3. The van der Waals surface area contributed by atoms with Gasteiger partial charge >= 0.3 is 0 Å². The average molecular weight is 157 g/mol. The Labute approximate surface area is 65.1 Å². The molecule has 0 bridgehead atoms. The molecule has 0 aliphatic heterocycles. The first-order valence-corrected chi connectivity index (χ1v) is 4.42. The van der Waals surface area contributed by atoms with E-state index >= 15 is 0 Å². The number of aliphatic hydroxyl groups is 1. The Morgan fingerprint density at radius 2 is 2.40 bits per heavy atom. The highest BCUT2D eigenvalue weighted by atomic mass is 28.1. The summed E-state index contributed by atoms with van der Waals surface area (Å²) in [7, 11) is 0.796. The molecule has 0 rings (SSSR count). The molecular formula is C7H15NOSi. The third-order valence-electron chi connectivity index (χ3n) is 1.53. The van der Waals surface area contributed by atoms with E-state index in [0.717, 1.165) is 22.1 Å². The van der Waals surface area contributed by atoms with E-state index in [1.807, 2.05) is 6.92 Å². The maximum Gasteiger partial charge on any atom is 0.112 e. The van der Waals surface area contributed by atoms with Crippen LogP contribution in [0.15, 0.2) is 17.6 Å². The molecule has 1 atom stereocenters. The van der Waals surface area contributed by atoms with Gasteiger partial charge in [0, 0.05) is 11.9 Å². The van der Waals surface area contributed by atoms with Gasteiger partial charge in [0.15, 0.2) is 0 Å². The lowest BCUT2D eigenvalue weighted by Crippen LogP contribution is -2.32. The first kappa shape index (κ1) is 9.59. The van der Waals surface area contributed by atoms with Gasteiger partial charge in [-0.25, -0.2) is 0 Å². The summed E-state index contributed by atoms with van der Waals surface area (Å²) in [5.74, 6) is 0. The zero-order chi connectivity index (χ0) is 8.20. The van der Waals surface area contributed by atoms with Gasteiger partial charge in [0.05, 0.1) is 10.2 Å². The van der Waals surface area contributed by atoms with Gasteiger partial charge < -0.3 is 5.11 Å². The first-order chi connectivity index (χ1) is 4.54. The molecule has 0 aliphatic carbocycles. The molecule has 0 aliphatic rings. The third-order valence-corrected chi connectivity index (χ3v) is 2.85. The number of hydrogen-bond acceptors (Lipinski definition) is 2. The van der Waals surface area contributed by atoms with E-state index in [-0.39, 0.29) is 0 Å². The van der Waals surface area contributed by atoms with Crippen molar-refractivity contribution in [3.63, 3.8) is 0 Å². The van der Waals surface area contributed by atoms with Gasteiger partial charge in [-0.3, -0.25) is 4.99 Å². The first-order valence-electron chi connectivity index (χ1n) is 3.42. The van der Waals surface area contributed by atoms with Crippen molar-refractivity contribution in [1.29, 1.82) is 0 Å². The minimum Gasteiger partial charge on any atom is -0.381 e. The largest absolute Gasteiger partial charge is 0.381 e. The minimum absolute atomic E-state index is 0.739. The Kier molecular flexibility index (Phi) is 3.53. The fraction of sp³-hybridized carbons (Fsp3) is 0.571. The van der Waals surface area contributed by atoms with Gasteiger partial charge in [0.1, 0.15) is 5.60 Å². The highest BCUT2D eigenvalue weighted by Crippen LogP contribution is 2.04. The van der Waals surface area contributed by atoms with E-state index in [4.69, 9.17) is 0 Å². The van der Waals surface area contributed by atoms with Crippen molar-refractivity contribution in [2.45, 2.75) is 19.4 Å². The van der Waals surface area contributed by atoms with Crippen LogP contribution in [0.2, 0.25) is 0 Å². The fourth-order valence-electron chi connectivity index (χ4n) is 0.545. The van der Waals surface area contributed by atoms with Crippen LogP contribution < -0.4 is 0 Å². The molecule has 3 heteroatoms. The third kappa shape index (κ3) is 2.45. The summed E-state index contributed by atoms with van der Waals surface area (Å²) < 4.78 is 0. The summed E-state index contributed by atoms with van der Waals surface area (Å²) in [6, 6.07) is 0. The highest BCUT2D eigenvalue weighted by molar-refractivity contribution is 6.62. The molecule has 1 unspecified atom stereocenters. The summed E-state index contributed by atoms with van der Waals surface area (Å²) >= 11 is 0. The van der Waals surface area contributed by atoms with E-state index in [1.54, 1.807) is 6.92 Å². The summed E-state index contributed by atoms with van der Waals surface area (Å²) in [5, 5.41) is 10.4. The van der Waals surface area contributed by atoms with Crippen LogP contribution in [0.25, 0.3) is 0 Å². The van der Waals surface area contributed by atoms with Crippen LogP contribution in [-0.2, 0) is 0 Å². The molecule has 0 fully saturated rings. The second-order valence-corrected chi connectivity index (χ2v) is 3.36. The molecule has 10 heavy (non-hydrogen) atoms. The molecular weight excluding hydrogens is 142 g/mol. The lowest BCUT2D eigenvalue weighted by Gasteiger charge is -2.17. The normalized spacial score (nSPS) is 18.5. The second-order valence-electron chi connectivity index (χ2n) is 2.41. The van der Waals surface area contributed by atoms with Crippen LogP contribution in [0.3, 0.4) is 0 Å². The van der Waals surface area contributed by atoms with Crippen LogP contribution in [0.1, 0.15) is 13.8 Å². The van der Waals surface area contributed by atoms with Crippen LogP contribution in [0.4, 0.5) is 0 Å². The van der Waals surface area contributed by atoms with E-state index in [2.05, 4.69) is 11.6 Å². The summed E-state index contributed by atoms with van der Waals surface area (Å²) in [4.78, 5) is 4.12. The van der Waals surface area contributed by atoms with Crippen molar-refractivity contribution < 1.29 is 5.11 Å². The van der Waals surface area contributed by atoms with Crippen molar-refractivity contribution in [1.82, 2.24) is 0 Å². The predicted molar refractivity (Wildman–Crippen MR) is 48.7 cm³/mol. The quantitative estimate of drug-likeness (QED) is 0.341. The topological polar surface area (TPSA) is 32.6 Å². The smallest absolute Gasteiger partial charge is 0.112 e. The van der Waals surface area contributed by atoms with Crippen molar-refractivity contribution in [2.75, 3.05) is 6.54 Å². The molecule has 0 aromatic rings. The van der Waals surface area contributed by atoms with Gasteiger partial charge in [-0.05, 0) is 13.8 Å². The molecule has 58 valence electrons. The molecule has 0 saturated carbocycles. The fourth-order valence-corrected chi connectivity index (χ4v) is 1.07. The minimum atomic E-state index is -0.873. The molecule has 0 aromatic carbocycles. The predicted octanol–water partition coefficient (Wildman–Crippen LogP) is -0.293. The van der Waals surface area contributed by atoms with Gasteiger partial charge in [-0.1, -0.05) is 12.7 Å². The zero-order valence-corrected chi connectivity index (χ0v) is 8.89. The van der Waals surface area contributed by atoms with Crippen molar-refractivity contribution in [3.8, 4) is 0 Å². The summed E-state index contributed by atoms with van der Waals surface area (Å²) in [5.41, 5.74) is -0.873.